The van der Waals surface area contributed by atoms with Crippen molar-refractivity contribution in [3.05, 3.63) is 121 Å². The lowest BCUT2D eigenvalue weighted by molar-refractivity contribution is 0.190. The maximum atomic E-state index is 11.9. The first kappa shape index (κ1) is 23.8. The number of aliphatic hydroxyl groups is 1. The van der Waals surface area contributed by atoms with Crippen LogP contribution in [0.2, 0.25) is 0 Å². The molecule has 0 fully saturated rings. The summed E-state index contributed by atoms with van der Waals surface area (Å²) in [6.07, 6.45) is 2.49. The van der Waals surface area contributed by atoms with E-state index >= 15 is 0 Å². The van der Waals surface area contributed by atoms with Gasteiger partial charge in [0, 0.05) is 11.8 Å². The number of hydrogen-bond acceptors (Lipinski definition) is 1. The van der Waals surface area contributed by atoms with Crippen LogP contribution in [-0.2, 0) is 0 Å². The van der Waals surface area contributed by atoms with Crippen molar-refractivity contribution < 1.29 is 5.11 Å². The molecular formula is C30H32OP2. The van der Waals surface area contributed by atoms with Gasteiger partial charge in [-0.15, -0.1) is 0 Å². The average Bonchev–Trinajstić information content (AvgIpc) is 2.89. The maximum absolute atomic E-state index is 11.9. The molecule has 0 spiro atoms. The molecule has 1 nitrogen and oxygen atoms in total. The van der Waals surface area contributed by atoms with Gasteiger partial charge < -0.3 is 5.11 Å². The van der Waals surface area contributed by atoms with Crippen molar-refractivity contribution in [3.8, 4) is 0 Å². The van der Waals surface area contributed by atoms with Gasteiger partial charge in [-0.1, -0.05) is 135 Å². The molecule has 0 heterocycles. The lowest BCUT2D eigenvalue weighted by atomic mass is 10.2. The summed E-state index contributed by atoms with van der Waals surface area (Å²) >= 11 is 0. The van der Waals surface area contributed by atoms with Gasteiger partial charge in [-0.05, 0) is 43.5 Å². The minimum Gasteiger partial charge on any atom is -0.392 e. The Morgan fingerprint density at radius 2 is 0.939 bits per heavy atom. The van der Waals surface area contributed by atoms with Gasteiger partial charge in [0.05, 0.1) is 6.10 Å². The molecule has 0 aliphatic heterocycles. The van der Waals surface area contributed by atoms with E-state index in [1.54, 1.807) is 0 Å². The zero-order valence-electron chi connectivity index (χ0n) is 19.2. The summed E-state index contributed by atoms with van der Waals surface area (Å²) in [5.41, 5.74) is 0.215. The molecule has 33 heavy (non-hydrogen) atoms. The van der Waals surface area contributed by atoms with E-state index in [0.717, 1.165) is 19.0 Å². The summed E-state index contributed by atoms with van der Waals surface area (Å²) in [5.74, 6) is 0. The van der Waals surface area contributed by atoms with Gasteiger partial charge in [-0.25, -0.2) is 0 Å². The summed E-state index contributed by atoms with van der Waals surface area (Å²) < 4.78 is 0. The molecule has 0 aliphatic rings. The van der Waals surface area contributed by atoms with Gasteiger partial charge in [0.1, 0.15) is 0 Å². The fourth-order valence-corrected chi connectivity index (χ4v) is 9.98. The Morgan fingerprint density at radius 3 is 1.30 bits per heavy atom. The molecule has 0 saturated carbocycles. The molecule has 0 amide bonds. The minimum absolute atomic E-state index is 0.215. The van der Waals surface area contributed by atoms with Crippen molar-refractivity contribution in [1.29, 1.82) is 0 Å². The molecule has 0 aliphatic carbocycles. The summed E-state index contributed by atoms with van der Waals surface area (Å²) in [6, 6.07) is 43.1. The fourth-order valence-electron chi connectivity index (χ4n) is 4.38. The predicted octanol–water partition coefficient (Wildman–Crippen LogP) is 5.78. The Balaban J connectivity index is 1.70. The van der Waals surface area contributed by atoms with E-state index in [-0.39, 0.29) is 11.8 Å². The normalized spacial score (nSPS) is 13.2. The fraction of sp³-hybridized carbons (Fsp3) is 0.200. The molecule has 4 aromatic carbocycles. The third kappa shape index (κ3) is 6.18. The van der Waals surface area contributed by atoms with Crippen molar-refractivity contribution in [2.75, 3.05) is 6.16 Å². The highest BCUT2D eigenvalue weighted by Gasteiger charge is 2.32. The number of rotatable bonds is 10. The summed E-state index contributed by atoms with van der Waals surface area (Å²) in [5, 5.41) is 17.2. The van der Waals surface area contributed by atoms with E-state index in [1.165, 1.54) is 21.2 Å². The zero-order valence-corrected chi connectivity index (χ0v) is 21.0. The van der Waals surface area contributed by atoms with Crippen molar-refractivity contribution in [2.24, 2.45) is 0 Å². The van der Waals surface area contributed by atoms with Crippen LogP contribution in [0.4, 0.5) is 0 Å². The summed E-state index contributed by atoms with van der Waals surface area (Å²) in [7, 11) is -1.30. The van der Waals surface area contributed by atoms with Crippen LogP contribution in [0.1, 0.15) is 19.8 Å². The molecule has 0 saturated heterocycles. The second-order valence-corrected chi connectivity index (χ2v) is 12.9. The highest BCUT2D eigenvalue weighted by molar-refractivity contribution is 7.74. The molecule has 0 radical (unpaired) electrons. The predicted molar refractivity (Wildman–Crippen MR) is 148 cm³/mol. The van der Waals surface area contributed by atoms with Gasteiger partial charge >= 0.3 is 0 Å². The van der Waals surface area contributed by atoms with E-state index in [2.05, 4.69) is 128 Å². The van der Waals surface area contributed by atoms with Gasteiger partial charge in [-0.2, -0.15) is 0 Å². The Kier molecular flexibility index (Phi) is 8.85. The highest BCUT2D eigenvalue weighted by atomic mass is 31.1. The maximum Gasteiger partial charge on any atom is 0.0658 e. The van der Waals surface area contributed by atoms with Crippen molar-refractivity contribution >= 4 is 37.1 Å². The Bertz CT molecular complexity index is 992. The standard InChI is InChI=1S/C30H32OP2/c1-2-15-30(33(27-20-11-5-12-21-27)28-22-13-6-14-23-28)29(31)24-32(25-16-7-3-8-17-25)26-18-9-4-10-19-26/h3-14,16-23,29-31H,2,15,24H2,1H3. The number of benzene rings is 4. The van der Waals surface area contributed by atoms with Crippen molar-refractivity contribution in [1.82, 2.24) is 0 Å². The van der Waals surface area contributed by atoms with Crippen LogP contribution < -0.4 is 21.2 Å². The Morgan fingerprint density at radius 1 is 0.576 bits per heavy atom. The monoisotopic (exact) mass is 470 g/mol. The molecule has 4 aromatic rings. The quantitative estimate of drug-likeness (QED) is 0.291. The lowest BCUT2D eigenvalue weighted by Gasteiger charge is -2.34. The second kappa shape index (κ2) is 12.2. The molecule has 3 heteroatoms. The largest absolute Gasteiger partial charge is 0.392 e. The van der Waals surface area contributed by atoms with Gasteiger partial charge in [0.2, 0.25) is 0 Å². The first-order valence-electron chi connectivity index (χ1n) is 11.7. The first-order valence-corrected chi connectivity index (χ1v) is 14.7. The minimum atomic E-state index is -0.668. The molecule has 2 unspecified atom stereocenters. The van der Waals surface area contributed by atoms with Crippen LogP contribution >= 0.6 is 15.8 Å². The topological polar surface area (TPSA) is 20.2 Å². The summed E-state index contributed by atoms with van der Waals surface area (Å²) in [4.78, 5) is 0. The SMILES string of the molecule is CCCC(C(O)CP(c1ccccc1)c1ccccc1)P(c1ccccc1)c1ccccc1. The number of hydrogen-bond donors (Lipinski definition) is 1. The summed E-state index contributed by atoms with van der Waals surface area (Å²) in [6.45, 7) is 2.24. The molecule has 4 rings (SSSR count). The lowest BCUT2D eigenvalue weighted by Crippen LogP contribution is -2.35. The van der Waals surface area contributed by atoms with Crippen molar-refractivity contribution in [2.45, 2.75) is 31.5 Å². The zero-order chi connectivity index (χ0) is 22.9. The Labute approximate surface area is 201 Å². The molecule has 0 aromatic heterocycles. The first-order chi connectivity index (χ1) is 16.3. The third-order valence-corrected chi connectivity index (χ3v) is 11.5. The molecule has 1 N–H and O–H groups in total. The van der Waals surface area contributed by atoms with Crippen LogP contribution in [0.25, 0.3) is 0 Å². The number of aliphatic hydroxyl groups excluding tert-OH is 1. The van der Waals surface area contributed by atoms with Gasteiger partial charge in [-0.3, -0.25) is 0 Å². The van der Waals surface area contributed by atoms with Crippen LogP contribution in [0.15, 0.2) is 121 Å². The third-order valence-electron chi connectivity index (χ3n) is 5.93. The van der Waals surface area contributed by atoms with Gasteiger partial charge in [0.15, 0.2) is 0 Å². The van der Waals surface area contributed by atoms with E-state index in [1.807, 2.05) is 0 Å². The van der Waals surface area contributed by atoms with Crippen LogP contribution in [-0.4, -0.2) is 23.0 Å². The van der Waals surface area contributed by atoms with Crippen molar-refractivity contribution in [3.63, 3.8) is 0 Å². The van der Waals surface area contributed by atoms with Crippen LogP contribution in [0.3, 0.4) is 0 Å². The molecule has 2 atom stereocenters. The molecule has 0 bridgehead atoms. The van der Waals surface area contributed by atoms with E-state index in [9.17, 15) is 5.11 Å². The van der Waals surface area contributed by atoms with Crippen LogP contribution in [0, 0.1) is 0 Å². The molecular weight excluding hydrogens is 438 g/mol. The van der Waals surface area contributed by atoms with E-state index in [4.69, 9.17) is 0 Å². The van der Waals surface area contributed by atoms with E-state index in [0.29, 0.717) is 0 Å². The smallest absolute Gasteiger partial charge is 0.0658 e. The Hall–Kier alpha value is -2.30. The van der Waals surface area contributed by atoms with E-state index < -0.39 is 15.8 Å². The second-order valence-electron chi connectivity index (χ2n) is 8.25. The average molecular weight is 471 g/mol. The van der Waals surface area contributed by atoms with Gasteiger partial charge in [0.25, 0.3) is 0 Å². The molecule has 168 valence electrons. The highest BCUT2D eigenvalue weighted by Crippen LogP contribution is 2.46. The van der Waals surface area contributed by atoms with Crippen LogP contribution in [0.5, 0.6) is 0 Å².